The van der Waals surface area contributed by atoms with Gasteiger partial charge in [0.1, 0.15) is 0 Å². The van der Waals surface area contributed by atoms with Gasteiger partial charge in [-0.05, 0) is 40.9 Å². The molecule has 2 unspecified atom stereocenters. The molecule has 0 amide bonds. The zero-order valence-electron chi connectivity index (χ0n) is 16.4. The van der Waals surface area contributed by atoms with Crippen molar-refractivity contribution in [3.63, 3.8) is 0 Å². The zero-order valence-corrected chi connectivity index (χ0v) is 18.1. The van der Waals surface area contributed by atoms with Crippen molar-refractivity contribution >= 4 is 28.5 Å². The van der Waals surface area contributed by atoms with E-state index in [9.17, 15) is 0 Å². The molecule has 28 heavy (non-hydrogen) atoms. The Hall–Kier alpha value is -2.21. The van der Waals surface area contributed by atoms with Gasteiger partial charge in [0.15, 0.2) is 0 Å². The first-order valence-corrected chi connectivity index (χ1v) is 12.6. The SMILES string of the molecule is CC1=CP(=S)(c2ccccc2)C(c2ccccc2)=CC1(C)Cc1ccccc1. The Morgan fingerprint density at radius 3 is 1.93 bits per heavy atom. The third-order valence-corrected chi connectivity index (χ3v) is 10.2. The molecule has 2 heteroatoms. The summed E-state index contributed by atoms with van der Waals surface area (Å²) in [7, 11) is 0. The summed E-state index contributed by atoms with van der Waals surface area (Å²) in [5.41, 5.74) is 3.95. The molecule has 1 heterocycles. The van der Waals surface area contributed by atoms with E-state index in [1.165, 1.54) is 27.3 Å². The summed E-state index contributed by atoms with van der Waals surface area (Å²) in [6.07, 6.45) is 3.45. The van der Waals surface area contributed by atoms with Crippen molar-refractivity contribution in [1.29, 1.82) is 0 Å². The highest BCUT2D eigenvalue weighted by Crippen LogP contribution is 2.65. The normalized spacial score (nSPS) is 24.4. The Morgan fingerprint density at radius 1 is 0.786 bits per heavy atom. The second kappa shape index (κ2) is 7.66. The molecule has 0 N–H and O–H groups in total. The fourth-order valence-corrected chi connectivity index (χ4v) is 8.30. The van der Waals surface area contributed by atoms with Crippen LogP contribution in [0.5, 0.6) is 0 Å². The summed E-state index contributed by atoms with van der Waals surface area (Å²) < 4.78 is 0. The highest BCUT2D eigenvalue weighted by atomic mass is 32.4. The van der Waals surface area contributed by atoms with Crippen LogP contribution in [0.15, 0.2) is 108 Å². The second-order valence-electron chi connectivity index (χ2n) is 7.78. The molecule has 4 rings (SSSR count). The third-order valence-electron chi connectivity index (χ3n) is 5.71. The Morgan fingerprint density at radius 2 is 1.32 bits per heavy atom. The highest BCUT2D eigenvalue weighted by Gasteiger charge is 2.36. The van der Waals surface area contributed by atoms with Gasteiger partial charge in [-0.25, -0.2) is 0 Å². The third kappa shape index (κ3) is 3.58. The van der Waals surface area contributed by atoms with Crippen molar-refractivity contribution in [1.82, 2.24) is 0 Å². The minimum atomic E-state index is -2.01. The van der Waals surface area contributed by atoms with Crippen LogP contribution in [0.4, 0.5) is 0 Å². The van der Waals surface area contributed by atoms with Crippen LogP contribution in [0, 0.1) is 5.41 Å². The lowest BCUT2D eigenvalue weighted by molar-refractivity contribution is 0.512. The summed E-state index contributed by atoms with van der Waals surface area (Å²) in [6, 6.07) is 30.1. The van der Waals surface area contributed by atoms with Gasteiger partial charge in [0.25, 0.3) is 0 Å². The van der Waals surface area contributed by atoms with E-state index in [0.29, 0.717) is 0 Å². The fraction of sp³-hybridized carbons (Fsp3) is 0.154. The van der Waals surface area contributed by atoms with E-state index in [4.69, 9.17) is 11.8 Å². The molecule has 1 aliphatic heterocycles. The Kier molecular flexibility index (Phi) is 5.23. The van der Waals surface area contributed by atoms with Crippen LogP contribution in [-0.2, 0) is 18.2 Å². The predicted molar refractivity (Wildman–Crippen MR) is 127 cm³/mol. The minimum absolute atomic E-state index is 0.0381. The molecule has 3 aromatic rings. The predicted octanol–water partition coefficient (Wildman–Crippen LogP) is 7.00. The molecule has 0 saturated heterocycles. The van der Waals surface area contributed by atoms with Gasteiger partial charge in [-0.15, -0.1) is 0 Å². The van der Waals surface area contributed by atoms with Crippen LogP contribution in [-0.4, -0.2) is 0 Å². The molecule has 1 aliphatic rings. The number of hydrogen-bond acceptors (Lipinski definition) is 1. The van der Waals surface area contributed by atoms with Crippen molar-refractivity contribution < 1.29 is 0 Å². The van der Waals surface area contributed by atoms with Crippen LogP contribution in [0.1, 0.15) is 25.0 Å². The topological polar surface area (TPSA) is 0 Å². The van der Waals surface area contributed by atoms with Crippen molar-refractivity contribution in [2.45, 2.75) is 20.3 Å². The number of hydrogen-bond donors (Lipinski definition) is 0. The van der Waals surface area contributed by atoms with Gasteiger partial charge in [0.2, 0.25) is 0 Å². The first-order chi connectivity index (χ1) is 13.5. The minimum Gasteiger partial charge on any atom is -0.0832 e. The molecule has 0 radical (unpaired) electrons. The maximum Gasteiger partial charge on any atom is 0.0313 e. The van der Waals surface area contributed by atoms with Gasteiger partial charge >= 0.3 is 0 Å². The summed E-state index contributed by atoms with van der Waals surface area (Å²) in [5, 5.41) is 2.58. The van der Waals surface area contributed by atoms with Gasteiger partial charge in [-0.2, -0.15) is 0 Å². The molecule has 0 nitrogen and oxygen atoms in total. The molecule has 140 valence electrons. The van der Waals surface area contributed by atoms with Crippen LogP contribution in [0.25, 0.3) is 5.31 Å². The average Bonchev–Trinajstić information content (AvgIpc) is 2.73. The van der Waals surface area contributed by atoms with Crippen molar-refractivity contribution in [3.8, 4) is 0 Å². The standard InChI is InChI=1S/C26H25PS/c1-21-20-27(28,24-16-10-5-11-17-24)25(23-14-8-4-9-15-23)19-26(21,2)18-22-12-6-3-7-13-22/h3-17,19-20H,18H2,1-2H3. The number of allylic oxidation sites excluding steroid dienone is 2. The smallest absolute Gasteiger partial charge is 0.0313 e. The highest BCUT2D eigenvalue weighted by molar-refractivity contribution is 8.24. The number of rotatable bonds is 4. The molecule has 0 bridgehead atoms. The van der Waals surface area contributed by atoms with Crippen LogP contribution < -0.4 is 5.30 Å². The van der Waals surface area contributed by atoms with Crippen molar-refractivity contribution in [2.24, 2.45) is 5.41 Å². The van der Waals surface area contributed by atoms with Crippen LogP contribution in [0.3, 0.4) is 0 Å². The molecule has 0 saturated carbocycles. The second-order valence-corrected chi connectivity index (χ2v) is 12.1. The fourth-order valence-electron chi connectivity index (χ4n) is 3.96. The Labute approximate surface area is 173 Å². The first kappa shape index (κ1) is 19.1. The Bertz CT molecular complexity index is 1070. The van der Waals surface area contributed by atoms with Crippen LogP contribution in [0.2, 0.25) is 0 Å². The molecule has 3 aromatic carbocycles. The summed E-state index contributed by atoms with van der Waals surface area (Å²) in [6.45, 7) is 4.60. The van der Waals surface area contributed by atoms with Gasteiger partial charge in [-0.3, -0.25) is 0 Å². The van der Waals surface area contributed by atoms with E-state index in [0.717, 1.165) is 6.42 Å². The van der Waals surface area contributed by atoms with Crippen molar-refractivity contribution in [3.05, 3.63) is 120 Å². The van der Waals surface area contributed by atoms with Gasteiger partial charge in [0, 0.05) is 11.5 Å². The van der Waals surface area contributed by atoms with Gasteiger partial charge in [0.05, 0.1) is 0 Å². The van der Waals surface area contributed by atoms with E-state index >= 15 is 0 Å². The lowest BCUT2D eigenvalue weighted by Crippen LogP contribution is -2.23. The molecule has 2 atom stereocenters. The van der Waals surface area contributed by atoms with E-state index in [2.05, 4.69) is 117 Å². The molecule has 0 spiro atoms. The zero-order chi connectivity index (χ0) is 19.6. The molecule has 0 aromatic heterocycles. The quantitative estimate of drug-likeness (QED) is 0.425. The lowest BCUT2D eigenvalue weighted by Gasteiger charge is -2.38. The van der Waals surface area contributed by atoms with E-state index in [-0.39, 0.29) is 5.41 Å². The Balaban J connectivity index is 1.88. The first-order valence-electron chi connectivity index (χ1n) is 9.69. The van der Waals surface area contributed by atoms with E-state index in [1.807, 2.05) is 0 Å². The number of benzene rings is 3. The monoisotopic (exact) mass is 400 g/mol. The summed E-state index contributed by atoms with van der Waals surface area (Å²) in [4.78, 5) is 0. The summed E-state index contributed by atoms with van der Waals surface area (Å²) >= 11 is 6.43. The maximum absolute atomic E-state index is 6.43. The largest absolute Gasteiger partial charge is 0.0832 e. The van der Waals surface area contributed by atoms with Gasteiger partial charge < -0.3 is 0 Å². The van der Waals surface area contributed by atoms with Crippen LogP contribution >= 0.6 is 6.04 Å². The summed E-state index contributed by atoms with van der Waals surface area (Å²) in [5.74, 6) is 2.42. The average molecular weight is 401 g/mol. The molecule has 0 aliphatic carbocycles. The van der Waals surface area contributed by atoms with Crippen molar-refractivity contribution in [2.75, 3.05) is 0 Å². The molecular weight excluding hydrogens is 375 g/mol. The van der Waals surface area contributed by atoms with Gasteiger partial charge in [-0.1, -0.05) is 121 Å². The molecular formula is C26H25PS. The lowest BCUT2D eigenvalue weighted by atomic mass is 9.77. The van der Waals surface area contributed by atoms with E-state index in [1.54, 1.807) is 0 Å². The molecule has 0 fully saturated rings. The van der Waals surface area contributed by atoms with E-state index < -0.39 is 6.04 Å². The maximum atomic E-state index is 6.43.